The van der Waals surface area contributed by atoms with E-state index in [0.29, 0.717) is 44.0 Å². The van der Waals surface area contributed by atoms with Gasteiger partial charge < -0.3 is 24.4 Å². The number of carbonyl (C=O) groups is 3. The van der Waals surface area contributed by atoms with E-state index in [4.69, 9.17) is 21.1 Å². The molecule has 1 N–H and O–H groups in total. The number of amides is 2. The smallest absolute Gasteiger partial charge is 0.409 e. The summed E-state index contributed by atoms with van der Waals surface area (Å²) in [5.74, 6) is -1.45. The number of benzene rings is 1. The summed E-state index contributed by atoms with van der Waals surface area (Å²) in [4.78, 5) is 46.3. The minimum atomic E-state index is -0.905. The fourth-order valence-electron chi connectivity index (χ4n) is 4.68. The highest BCUT2D eigenvalue weighted by atomic mass is 35.5. The molecule has 9 nitrogen and oxygen atoms in total. The Morgan fingerprint density at radius 1 is 1.14 bits per heavy atom. The molecule has 36 heavy (non-hydrogen) atoms. The van der Waals surface area contributed by atoms with Crippen LogP contribution < -0.4 is 4.74 Å². The molecule has 2 aliphatic rings. The molecular weight excluding hydrogens is 486 g/mol. The molecule has 0 aliphatic carbocycles. The van der Waals surface area contributed by atoms with Crippen molar-refractivity contribution in [3.05, 3.63) is 64.4 Å². The van der Waals surface area contributed by atoms with Crippen molar-refractivity contribution in [1.29, 1.82) is 0 Å². The fraction of sp³-hybridized carbons (Fsp3) is 0.385. The highest BCUT2D eigenvalue weighted by Gasteiger charge is 2.50. The number of ketones is 1. The van der Waals surface area contributed by atoms with E-state index >= 15 is 0 Å². The van der Waals surface area contributed by atoms with Crippen LogP contribution in [0.2, 0.25) is 5.02 Å². The Kier molecular flexibility index (Phi) is 7.79. The summed E-state index contributed by atoms with van der Waals surface area (Å²) in [6, 6.07) is 8.73. The van der Waals surface area contributed by atoms with Gasteiger partial charge in [0, 0.05) is 30.9 Å². The minimum Gasteiger partial charge on any atom is -0.507 e. The first kappa shape index (κ1) is 25.5. The maximum absolute atomic E-state index is 13.3. The minimum absolute atomic E-state index is 0.0814. The van der Waals surface area contributed by atoms with Crippen LogP contribution in [0.25, 0.3) is 5.76 Å². The Labute approximate surface area is 214 Å². The van der Waals surface area contributed by atoms with Gasteiger partial charge in [-0.15, -0.1) is 0 Å². The number of aliphatic hydroxyl groups excluding tert-OH is 1. The summed E-state index contributed by atoms with van der Waals surface area (Å²) in [5, 5.41) is 11.6. The SMILES string of the molecule is CCOC(=O)N1CCC(N2C(=O)C(=O)/C(=C(/O)c3cc(OCC)ccc3Cl)C2c2ccccn2)CC1. The molecule has 2 saturated heterocycles. The molecule has 0 saturated carbocycles. The van der Waals surface area contributed by atoms with Crippen molar-refractivity contribution in [2.24, 2.45) is 0 Å². The molecule has 0 radical (unpaired) electrons. The number of ether oxygens (including phenoxy) is 2. The average molecular weight is 514 g/mol. The van der Waals surface area contributed by atoms with Crippen LogP contribution in [-0.4, -0.2) is 70.0 Å². The lowest BCUT2D eigenvalue weighted by Gasteiger charge is -2.38. The van der Waals surface area contributed by atoms with E-state index in [1.807, 2.05) is 6.92 Å². The molecule has 2 fully saturated rings. The van der Waals surface area contributed by atoms with Crippen LogP contribution >= 0.6 is 11.6 Å². The molecule has 1 aromatic heterocycles. The van der Waals surface area contributed by atoms with E-state index in [2.05, 4.69) is 4.98 Å². The van der Waals surface area contributed by atoms with Crippen LogP contribution in [0.4, 0.5) is 4.79 Å². The van der Waals surface area contributed by atoms with E-state index in [1.54, 1.807) is 54.4 Å². The molecule has 4 rings (SSSR count). The number of hydrogen-bond acceptors (Lipinski definition) is 7. The predicted octanol–water partition coefficient (Wildman–Crippen LogP) is 4.18. The molecule has 190 valence electrons. The van der Waals surface area contributed by atoms with Crippen LogP contribution in [0.1, 0.15) is 44.0 Å². The number of hydrogen-bond donors (Lipinski definition) is 1. The Morgan fingerprint density at radius 3 is 2.53 bits per heavy atom. The van der Waals surface area contributed by atoms with Gasteiger partial charge in [0.2, 0.25) is 0 Å². The van der Waals surface area contributed by atoms with Gasteiger partial charge in [0.05, 0.1) is 29.5 Å². The highest BCUT2D eigenvalue weighted by molar-refractivity contribution is 6.47. The number of aromatic nitrogens is 1. The van der Waals surface area contributed by atoms with Gasteiger partial charge in [-0.1, -0.05) is 17.7 Å². The van der Waals surface area contributed by atoms with Gasteiger partial charge in [0.25, 0.3) is 11.7 Å². The van der Waals surface area contributed by atoms with Crippen LogP contribution in [0, 0.1) is 0 Å². The van der Waals surface area contributed by atoms with E-state index < -0.39 is 23.8 Å². The van der Waals surface area contributed by atoms with E-state index in [9.17, 15) is 19.5 Å². The van der Waals surface area contributed by atoms with Gasteiger partial charge in [-0.25, -0.2) is 4.79 Å². The number of halogens is 1. The second-order valence-corrected chi connectivity index (χ2v) is 8.86. The molecule has 2 aliphatic heterocycles. The zero-order chi connectivity index (χ0) is 25.8. The van der Waals surface area contributed by atoms with E-state index in [-0.39, 0.29) is 34.6 Å². The van der Waals surface area contributed by atoms with E-state index in [0.717, 1.165) is 0 Å². The molecular formula is C26H28ClN3O6. The standard InChI is InChI=1S/C26H28ClN3O6/c1-3-35-17-8-9-19(27)18(15-17)23(31)21-22(20-7-5-6-12-28-20)30(25(33)24(21)32)16-10-13-29(14-11-16)26(34)36-4-2/h5-9,12,15-16,22,31H,3-4,10-11,13-14H2,1-2H3/b23-21+. The summed E-state index contributed by atoms with van der Waals surface area (Å²) >= 11 is 6.38. The molecule has 2 aromatic rings. The largest absolute Gasteiger partial charge is 0.507 e. The fourth-order valence-corrected chi connectivity index (χ4v) is 4.89. The average Bonchev–Trinajstić information content (AvgIpc) is 3.16. The summed E-state index contributed by atoms with van der Waals surface area (Å²) in [6.45, 7) is 5.01. The predicted molar refractivity (Wildman–Crippen MR) is 133 cm³/mol. The molecule has 0 bridgehead atoms. The summed E-state index contributed by atoms with van der Waals surface area (Å²) in [5.41, 5.74) is 0.559. The van der Waals surface area contributed by atoms with Gasteiger partial charge in [0.15, 0.2) is 0 Å². The molecule has 2 amide bonds. The maximum atomic E-state index is 13.3. The van der Waals surface area contributed by atoms with Gasteiger partial charge in [-0.05, 0) is 57.0 Å². The first-order chi connectivity index (χ1) is 17.4. The Bertz CT molecular complexity index is 1180. The monoisotopic (exact) mass is 513 g/mol. The summed E-state index contributed by atoms with van der Waals surface area (Å²) in [7, 11) is 0. The number of rotatable bonds is 6. The zero-order valence-corrected chi connectivity index (χ0v) is 20.9. The Hall–Kier alpha value is -3.59. The first-order valence-electron chi connectivity index (χ1n) is 11.9. The van der Waals surface area contributed by atoms with Gasteiger partial charge >= 0.3 is 6.09 Å². The van der Waals surface area contributed by atoms with Crippen molar-refractivity contribution in [3.8, 4) is 5.75 Å². The molecule has 1 atom stereocenters. The maximum Gasteiger partial charge on any atom is 0.409 e. The number of likely N-dealkylation sites (tertiary alicyclic amines) is 2. The van der Waals surface area contributed by atoms with Gasteiger partial charge in [-0.3, -0.25) is 14.6 Å². The molecule has 3 heterocycles. The number of pyridine rings is 1. The summed E-state index contributed by atoms with van der Waals surface area (Å²) < 4.78 is 10.6. The second-order valence-electron chi connectivity index (χ2n) is 8.45. The van der Waals surface area contributed by atoms with Crippen LogP contribution in [0.15, 0.2) is 48.2 Å². The lowest BCUT2D eigenvalue weighted by Crippen LogP contribution is -2.48. The number of nitrogens with zero attached hydrogens (tertiary/aromatic N) is 3. The lowest BCUT2D eigenvalue weighted by molar-refractivity contribution is -0.142. The quantitative estimate of drug-likeness (QED) is 0.350. The van der Waals surface area contributed by atoms with E-state index in [1.165, 1.54) is 4.90 Å². The number of piperidine rings is 1. The second kappa shape index (κ2) is 11.0. The molecule has 0 spiro atoms. The molecule has 1 unspecified atom stereocenters. The number of Topliss-reactive ketones (excluding diaryl/α,β-unsaturated/α-hetero) is 1. The third kappa shape index (κ3) is 4.88. The molecule has 1 aromatic carbocycles. The summed E-state index contributed by atoms with van der Waals surface area (Å²) in [6.07, 6.45) is 2.08. The van der Waals surface area contributed by atoms with Crippen molar-refractivity contribution < 1.29 is 29.0 Å². The molecule has 10 heteroatoms. The first-order valence-corrected chi connectivity index (χ1v) is 12.3. The third-order valence-corrected chi connectivity index (χ3v) is 6.67. The lowest BCUT2D eigenvalue weighted by atomic mass is 9.96. The van der Waals surface area contributed by atoms with Crippen molar-refractivity contribution in [1.82, 2.24) is 14.8 Å². The van der Waals surface area contributed by atoms with Crippen molar-refractivity contribution in [2.75, 3.05) is 26.3 Å². The number of carbonyl (C=O) groups excluding carboxylic acids is 3. The third-order valence-electron chi connectivity index (χ3n) is 6.34. The topological polar surface area (TPSA) is 109 Å². The van der Waals surface area contributed by atoms with Crippen molar-refractivity contribution in [2.45, 2.75) is 38.8 Å². The van der Waals surface area contributed by atoms with Crippen molar-refractivity contribution >= 4 is 35.1 Å². The van der Waals surface area contributed by atoms with Gasteiger partial charge in [-0.2, -0.15) is 0 Å². The Morgan fingerprint density at radius 2 is 1.89 bits per heavy atom. The highest BCUT2D eigenvalue weighted by Crippen LogP contribution is 2.42. The van der Waals surface area contributed by atoms with Crippen LogP contribution in [0.5, 0.6) is 5.75 Å². The zero-order valence-electron chi connectivity index (χ0n) is 20.1. The van der Waals surface area contributed by atoms with Gasteiger partial charge in [0.1, 0.15) is 17.6 Å². The van der Waals surface area contributed by atoms with Crippen LogP contribution in [-0.2, 0) is 14.3 Å². The Balaban J connectivity index is 1.75. The normalized spacial score (nSPS) is 20.0. The van der Waals surface area contributed by atoms with Crippen molar-refractivity contribution in [3.63, 3.8) is 0 Å². The van der Waals surface area contributed by atoms with Crippen LogP contribution in [0.3, 0.4) is 0 Å². The number of aliphatic hydroxyl groups is 1.